The van der Waals surface area contributed by atoms with Crippen LogP contribution in [0, 0.1) is 0 Å². The van der Waals surface area contributed by atoms with Crippen molar-refractivity contribution < 1.29 is 59.0 Å². The van der Waals surface area contributed by atoms with Gasteiger partial charge in [0, 0.05) is 27.6 Å². The predicted octanol–water partition coefficient (Wildman–Crippen LogP) is -5.75. The van der Waals surface area contributed by atoms with E-state index >= 15 is 0 Å². The molecule has 0 unspecified atom stereocenters. The molecule has 8 nitrogen and oxygen atoms in total. The van der Waals surface area contributed by atoms with Gasteiger partial charge >= 0.3 is 0 Å². The summed E-state index contributed by atoms with van der Waals surface area (Å²) in [6.07, 6.45) is 0. The van der Waals surface area contributed by atoms with E-state index in [0.29, 0.717) is 6.54 Å². The average Bonchev–Trinajstić information content (AvgIpc) is 1.41. The first-order valence-corrected chi connectivity index (χ1v) is 1.67. The van der Waals surface area contributed by atoms with Crippen LogP contribution in [0.1, 0.15) is 0 Å². The molecule has 9 heteroatoms. The van der Waals surface area contributed by atoms with Crippen molar-refractivity contribution in [1.82, 2.24) is 5.32 Å². The van der Waals surface area contributed by atoms with Crippen LogP contribution in [-0.2, 0) is 21.1 Å². The van der Waals surface area contributed by atoms with Gasteiger partial charge in [-0.15, -0.1) is 0 Å². The molecular formula is C3H21NO7Pt. The standard InChI is InChI=1S/C3H9NO.6H2O.Pt/c1-4-2-3-5;;;;;;;/h4-5H,2-3H2,1H3;6*1H2;. The maximum atomic E-state index is 8.00. The Morgan fingerprint density at radius 1 is 0.917 bits per heavy atom. The molecule has 0 amide bonds. The molecule has 0 aromatic carbocycles. The van der Waals surface area contributed by atoms with Crippen LogP contribution in [0.25, 0.3) is 0 Å². The largest absolute Gasteiger partial charge is 0.412 e. The molecule has 14 N–H and O–H groups in total. The Labute approximate surface area is 85.1 Å². The topological polar surface area (TPSA) is 221 Å². The second-order valence-electron chi connectivity index (χ2n) is 0.827. The van der Waals surface area contributed by atoms with Crippen molar-refractivity contribution >= 4 is 0 Å². The van der Waals surface area contributed by atoms with Crippen LogP contribution in [0.4, 0.5) is 0 Å². The molecule has 0 aliphatic heterocycles. The summed E-state index contributed by atoms with van der Waals surface area (Å²) in [6, 6.07) is 0. The van der Waals surface area contributed by atoms with Crippen LogP contribution in [0.2, 0.25) is 0 Å². The summed E-state index contributed by atoms with van der Waals surface area (Å²) in [4.78, 5) is 0. The van der Waals surface area contributed by atoms with Crippen LogP contribution in [0.5, 0.6) is 0 Å². The summed E-state index contributed by atoms with van der Waals surface area (Å²) < 4.78 is 0. The fourth-order valence-corrected chi connectivity index (χ4v) is 0.112. The third-order valence-electron chi connectivity index (χ3n) is 0.362. The normalized spacial score (nSPS) is 3.50. The van der Waals surface area contributed by atoms with Gasteiger partial charge in [-0.2, -0.15) is 0 Å². The number of nitrogens with one attached hydrogen (secondary N) is 1. The zero-order valence-electron chi connectivity index (χ0n) is 6.68. The summed E-state index contributed by atoms with van der Waals surface area (Å²) >= 11 is 0. The van der Waals surface area contributed by atoms with Gasteiger partial charge in [0.15, 0.2) is 0 Å². The van der Waals surface area contributed by atoms with Crippen LogP contribution < -0.4 is 5.32 Å². The molecule has 0 rings (SSSR count). The van der Waals surface area contributed by atoms with Gasteiger partial charge in [-0.25, -0.2) is 0 Å². The Hall–Kier alpha value is 0.368. The van der Waals surface area contributed by atoms with Crippen molar-refractivity contribution in [2.45, 2.75) is 0 Å². The molecule has 0 aromatic rings. The minimum Gasteiger partial charge on any atom is -0.412 e. The molecule has 0 saturated carbocycles. The van der Waals surface area contributed by atoms with Crippen molar-refractivity contribution in [2.24, 2.45) is 0 Å². The summed E-state index contributed by atoms with van der Waals surface area (Å²) in [6.45, 7) is 0.927. The quantitative estimate of drug-likeness (QED) is 0.479. The molecule has 0 heterocycles. The number of likely N-dealkylation sites (N-methyl/N-ethyl adjacent to an activating group) is 1. The van der Waals surface area contributed by atoms with Crippen LogP contribution in [0.3, 0.4) is 0 Å². The first kappa shape index (κ1) is 83.8. The zero-order valence-corrected chi connectivity index (χ0v) is 8.95. The van der Waals surface area contributed by atoms with Gasteiger partial charge in [-0.3, -0.25) is 0 Å². The first-order valence-electron chi connectivity index (χ1n) is 1.67. The van der Waals surface area contributed by atoms with Crippen LogP contribution >= 0.6 is 0 Å². The minimum absolute atomic E-state index is 0. The summed E-state index contributed by atoms with van der Waals surface area (Å²) in [5.41, 5.74) is 0. The minimum atomic E-state index is 0. The van der Waals surface area contributed by atoms with E-state index < -0.39 is 0 Å². The van der Waals surface area contributed by atoms with Gasteiger partial charge in [-0.1, -0.05) is 0 Å². The number of hydrogen-bond acceptors (Lipinski definition) is 2. The van der Waals surface area contributed by atoms with Gasteiger partial charge in [0.25, 0.3) is 0 Å². The SMILES string of the molecule is CNCCO.O.O.O.O.O.O.[Pt]. The maximum Gasteiger partial charge on any atom is 0.0555 e. The fourth-order valence-electron chi connectivity index (χ4n) is 0.112. The molecule has 0 spiro atoms. The monoisotopic (exact) mass is 378 g/mol. The van der Waals surface area contributed by atoms with Crippen LogP contribution in [-0.4, -0.2) is 58.2 Å². The Morgan fingerprint density at radius 3 is 1.17 bits per heavy atom. The molecule has 0 bridgehead atoms. The maximum absolute atomic E-state index is 8.00. The van der Waals surface area contributed by atoms with Crippen molar-refractivity contribution in [2.75, 3.05) is 20.2 Å². The van der Waals surface area contributed by atoms with E-state index in [9.17, 15) is 0 Å². The van der Waals surface area contributed by atoms with Gasteiger partial charge < -0.3 is 43.3 Å². The number of hydrogen-bond donors (Lipinski definition) is 2. The average molecular weight is 378 g/mol. The molecular weight excluding hydrogens is 357 g/mol. The number of aliphatic hydroxyl groups is 1. The predicted molar refractivity (Wildman–Crippen MR) is 42.7 cm³/mol. The summed E-state index contributed by atoms with van der Waals surface area (Å²) in [7, 11) is 1.80. The van der Waals surface area contributed by atoms with Gasteiger partial charge in [0.1, 0.15) is 0 Å². The van der Waals surface area contributed by atoms with E-state index in [1.807, 2.05) is 0 Å². The van der Waals surface area contributed by atoms with Crippen molar-refractivity contribution in [3.63, 3.8) is 0 Å². The fraction of sp³-hybridized carbons (Fsp3) is 1.00. The van der Waals surface area contributed by atoms with Gasteiger partial charge in [-0.05, 0) is 7.05 Å². The van der Waals surface area contributed by atoms with Crippen molar-refractivity contribution in [3.05, 3.63) is 0 Å². The number of aliphatic hydroxyl groups excluding tert-OH is 1. The second kappa shape index (κ2) is 108. The Morgan fingerprint density at radius 2 is 1.17 bits per heavy atom. The molecule has 0 atom stereocenters. The van der Waals surface area contributed by atoms with E-state index in [1.54, 1.807) is 7.05 Å². The summed E-state index contributed by atoms with van der Waals surface area (Å²) in [5, 5.41) is 10.8. The van der Waals surface area contributed by atoms with Crippen molar-refractivity contribution in [3.8, 4) is 0 Å². The van der Waals surface area contributed by atoms with E-state index in [1.165, 1.54) is 0 Å². The Bertz CT molecular complexity index is 26.1. The molecule has 90 valence electrons. The van der Waals surface area contributed by atoms with E-state index in [4.69, 9.17) is 5.11 Å². The third kappa shape index (κ3) is 162. The van der Waals surface area contributed by atoms with Gasteiger partial charge in [0.2, 0.25) is 0 Å². The first-order chi connectivity index (χ1) is 2.41. The van der Waals surface area contributed by atoms with E-state index in [2.05, 4.69) is 5.32 Å². The molecule has 0 aliphatic carbocycles. The van der Waals surface area contributed by atoms with Crippen molar-refractivity contribution in [1.29, 1.82) is 0 Å². The summed E-state index contributed by atoms with van der Waals surface area (Å²) in [5.74, 6) is 0. The molecule has 0 aromatic heterocycles. The molecule has 12 heavy (non-hydrogen) atoms. The molecule has 0 aliphatic rings. The molecule has 0 fully saturated rings. The molecule has 0 radical (unpaired) electrons. The number of rotatable bonds is 2. The third-order valence-corrected chi connectivity index (χ3v) is 0.362. The molecule has 0 saturated heterocycles. The zero-order chi connectivity index (χ0) is 4.12. The second-order valence-corrected chi connectivity index (χ2v) is 0.827. The Balaban J connectivity index is -0.00000000381. The van der Waals surface area contributed by atoms with Crippen LogP contribution in [0.15, 0.2) is 0 Å². The van der Waals surface area contributed by atoms with E-state index in [-0.39, 0.29) is 60.5 Å². The van der Waals surface area contributed by atoms with Gasteiger partial charge in [0.05, 0.1) is 6.61 Å². The Kier molecular flexibility index (Phi) is 752. The van der Waals surface area contributed by atoms with E-state index in [0.717, 1.165) is 0 Å². The smallest absolute Gasteiger partial charge is 0.0555 e.